The molecule has 0 saturated carbocycles. The minimum atomic E-state index is -0.421. The minimum Gasteiger partial charge on any atom is -0.466 e. The number of nitrogens with one attached hydrogen (secondary N) is 1. The zero-order valence-electron chi connectivity index (χ0n) is 26.5. The van der Waals surface area contributed by atoms with E-state index < -0.39 is 6.09 Å². The highest BCUT2D eigenvalue weighted by Gasteiger charge is 2.26. The number of esters is 1. The number of para-hydroxylation sites is 1. The smallest absolute Gasteiger partial charge is 0.411 e. The standard InChI is InChI=1S/C35H50N4O5/c1-3-43-34(41)29-17-22-38(23-18-29)21-11-5-8-16-33(40)37(2)26-27-39-24-19-30(20-25-39)44-35(42)36-32-15-10-9-14-31(32)28-12-6-4-7-13-28/h4,6-7,9-10,12-15,29-30H,3,5,8,11,16-27H2,1-2H3,(H,36,42). The number of benzene rings is 2. The second-order valence-corrected chi connectivity index (χ2v) is 12.0. The molecular formula is C35H50N4O5. The Morgan fingerprint density at radius 2 is 1.50 bits per heavy atom. The average Bonchev–Trinajstić information content (AvgIpc) is 3.05. The van der Waals surface area contributed by atoms with Gasteiger partial charge in [0.15, 0.2) is 0 Å². The topological polar surface area (TPSA) is 91.4 Å². The Labute approximate surface area is 262 Å². The number of hydrogen-bond donors (Lipinski definition) is 1. The van der Waals surface area contributed by atoms with Gasteiger partial charge in [-0.05, 0) is 76.7 Å². The molecule has 2 aromatic rings. The molecule has 0 aliphatic carbocycles. The van der Waals surface area contributed by atoms with Crippen molar-refractivity contribution in [2.45, 2.75) is 64.4 Å². The van der Waals surface area contributed by atoms with Crippen molar-refractivity contribution in [3.05, 3.63) is 54.6 Å². The number of carbonyl (C=O) groups is 3. The molecule has 9 nitrogen and oxygen atoms in total. The lowest BCUT2D eigenvalue weighted by molar-refractivity contribution is -0.149. The zero-order valence-corrected chi connectivity index (χ0v) is 26.5. The maximum Gasteiger partial charge on any atom is 0.411 e. The van der Waals surface area contributed by atoms with Crippen LogP contribution >= 0.6 is 0 Å². The molecule has 2 aliphatic heterocycles. The Morgan fingerprint density at radius 1 is 0.841 bits per heavy atom. The lowest BCUT2D eigenvalue weighted by Gasteiger charge is -2.32. The van der Waals surface area contributed by atoms with Crippen LogP contribution in [0.5, 0.6) is 0 Å². The van der Waals surface area contributed by atoms with E-state index in [4.69, 9.17) is 9.47 Å². The SMILES string of the molecule is CCOC(=O)C1CCN(CCCCCC(=O)N(C)CCN2CCC(OC(=O)Nc3ccccc3-c3ccccc3)CC2)CC1. The van der Waals surface area contributed by atoms with Gasteiger partial charge < -0.3 is 24.2 Å². The Kier molecular flexibility index (Phi) is 13.5. The van der Waals surface area contributed by atoms with Gasteiger partial charge in [-0.25, -0.2) is 4.79 Å². The lowest BCUT2D eigenvalue weighted by Crippen LogP contribution is -2.42. The van der Waals surface area contributed by atoms with Gasteiger partial charge in [-0.3, -0.25) is 14.9 Å². The molecule has 0 unspecified atom stereocenters. The number of likely N-dealkylation sites (tertiary alicyclic amines) is 2. The van der Waals surface area contributed by atoms with Crippen molar-refractivity contribution in [3.63, 3.8) is 0 Å². The lowest BCUT2D eigenvalue weighted by atomic mass is 9.97. The molecule has 44 heavy (non-hydrogen) atoms. The first kappa shape index (κ1) is 33.5. The molecule has 240 valence electrons. The van der Waals surface area contributed by atoms with E-state index in [1.165, 1.54) is 0 Å². The van der Waals surface area contributed by atoms with E-state index in [1.54, 1.807) is 0 Å². The van der Waals surface area contributed by atoms with Crippen molar-refractivity contribution < 1.29 is 23.9 Å². The molecule has 0 spiro atoms. The summed E-state index contributed by atoms with van der Waals surface area (Å²) in [5.41, 5.74) is 2.74. The summed E-state index contributed by atoms with van der Waals surface area (Å²) in [5.74, 6) is 0.209. The van der Waals surface area contributed by atoms with Crippen molar-refractivity contribution >= 4 is 23.7 Å². The summed E-state index contributed by atoms with van der Waals surface area (Å²) in [7, 11) is 1.89. The number of amides is 2. The number of likely N-dealkylation sites (N-methyl/N-ethyl adjacent to an activating group) is 1. The monoisotopic (exact) mass is 606 g/mol. The van der Waals surface area contributed by atoms with Gasteiger partial charge in [0.1, 0.15) is 6.10 Å². The van der Waals surface area contributed by atoms with Crippen LogP contribution in [0, 0.1) is 5.92 Å². The summed E-state index contributed by atoms with van der Waals surface area (Å²) in [4.78, 5) is 43.9. The summed E-state index contributed by atoms with van der Waals surface area (Å²) in [5, 5.41) is 2.93. The second-order valence-electron chi connectivity index (χ2n) is 12.0. The first-order chi connectivity index (χ1) is 21.4. The van der Waals surface area contributed by atoms with Crippen LogP contribution in [0.15, 0.2) is 54.6 Å². The third-order valence-electron chi connectivity index (χ3n) is 8.81. The highest BCUT2D eigenvalue weighted by Crippen LogP contribution is 2.28. The Morgan fingerprint density at radius 3 is 2.23 bits per heavy atom. The van der Waals surface area contributed by atoms with Crippen LogP contribution < -0.4 is 5.32 Å². The Bertz CT molecular complexity index is 1180. The Balaban J connectivity index is 1.05. The molecule has 1 N–H and O–H groups in total. The van der Waals surface area contributed by atoms with Crippen LogP contribution in [-0.2, 0) is 19.1 Å². The van der Waals surface area contributed by atoms with Crippen LogP contribution in [0.1, 0.15) is 58.3 Å². The number of hydrogen-bond acceptors (Lipinski definition) is 7. The highest BCUT2D eigenvalue weighted by atomic mass is 16.6. The molecule has 2 fully saturated rings. The molecule has 0 atom stereocenters. The third-order valence-corrected chi connectivity index (χ3v) is 8.81. The summed E-state index contributed by atoms with van der Waals surface area (Å²) in [6.07, 6.45) is 6.40. The number of rotatable bonds is 14. The van der Waals surface area contributed by atoms with Crippen LogP contribution in [0.4, 0.5) is 10.5 Å². The molecule has 4 rings (SSSR count). The molecule has 9 heteroatoms. The normalized spacial score (nSPS) is 16.8. The number of nitrogens with zero attached hydrogens (tertiary/aromatic N) is 3. The van der Waals surface area contributed by atoms with Crippen molar-refractivity contribution in [1.29, 1.82) is 0 Å². The van der Waals surface area contributed by atoms with Crippen LogP contribution in [0.3, 0.4) is 0 Å². The second kappa shape index (κ2) is 17.8. The van der Waals surface area contributed by atoms with E-state index in [-0.39, 0.29) is 23.9 Å². The van der Waals surface area contributed by atoms with Gasteiger partial charge in [-0.1, -0.05) is 55.0 Å². The maximum atomic E-state index is 12.7. The van der Waals surface area contributed by atoms with Gasteiger partial charge in [0, 0.05) is 45.2 Å². The van der Waals surface area contributed by atoms with Gasteiger partial charge in [-0.15, -0.1) is 0 Å². The number of anilines is 1. The predicted molar refractivity (Wildman–Crippen MR) is 173 cm³/mol. The zero-order chi connectivity index (χ0) is 31.1. The molecule has 2 amide bonds. The molecule has 2 heterocycles. The minimum absolute atomic E-state index is 0.0465. The van der Waals surface area contributed by atoms with Crippen molar-refractivity contribution in [3.8, 4) is 11.1 Å². The van der Waals surface area contributed by atoms with Crippen molar-refractivity contribution in [1.82, 2.24) is 14.7 Å². The van der Waals surface area contributed by atoms with Crippen LogP contribution in [0.25, 0.3) is 11.1 Å². The van der Waals surface area contributed by atoms with Crippen molar-refractivity contribution in [2.24, 2.45) is 5.92 Å². The first-order valence-electron chi connectivity index (χ1n) is 16.4. The Hall–Kier alpha value is -3.43. The summed E-state index contributed by atoms with van der Waals surface area (Å²) in [6.45, 7) is 8.46. The molecule has 2 aromatic carbocycles. The fourth-order valence-electron chi connectivity index (χ4n) is 6.05. The third kappa shape index (κ3) is 10.6. The first-order valence-corrected chi connectivity index (χ1v) is 16.4. The molecule has 0 bridgehead atoms. The van der Waals surface area contributed by atoms with Gasteiger partial charge in [0.05, 0.1) is 18.2 Å². The van der Waals surface area contributed by atoms with E-state index >= 15 is 0 Å². The number of carbonyl (C=O) groups excluding carboxylic acids is 3. The molecular weight excluding hydrogens is 556 g/mol. The van der Waals surface area contributed by atoms with E-state index in [9.17, 15) is 14.4 Å². The summed E-state index contributed by atoms with van der Waals surface area (Å²) in [6, 6.07) is 17.7. The van der Waals surface area contributed by atoms with Gasteiger partial charge >= 0.3 is 12.1 Å². The molecule has 2 saturated heterocycles. The van der Waals surface area contributed by atoms with E-state index in [1.807, 2.05) is 73.5 Å². The fourth-order valence-corrected chi connectivity index (χ4v) is 6.05. The maximum absolute atomic E-state index is 12.7. The predicted octanol–water partition coefficient (Wildman–Crippen LogP) is 5.66. The molecule has 0 aromatic heterocycles. The van der Waals surface area contributed by atoms with E-state index in [0.29, 0.717) is 19.6 Å². The van der Waals surface area contributed by atoms with Gasteiger partial charge in [0.2, 0.25) is 5.91 Å². The molecule has 2 aliphatic rings. The van der Waals surface area contributed by atoms with Crippen LogP contribution in [0.2, 0.25) is 0 Å². The van der Waals surface area contributed by atoms with E-state index in [2.05, 4.69) is 15.1 Å². The van der Waals surface area contributed by atoms with Crippen molar-refractivity contribution in [2.75, 3.05) is 64.8 Å². The summed E-state index contributed by atoms with van der Waals surface area (Å²) < 4.78 is 10.9. The van der Waals surface area contributed by atoms with E-state index in [0.717, 1.165) is 101 Å². The van der Waals surface area contributed by atoms with Gasteiger partial charge in [0.25, 0.3) is 0 Å². The summed E-state index contributed by atoms with van der Waals surface area (Å²) >= 11 is 0. The van der Waals surface area contributed by atoms with Gasteiger partial charge in [-0.2, -0.15) is 0 Å². The highest BCUT2D eigenvalue weighted by molar-refractivity contribution is 5.91. The number of piperidine rings is 2. The number of ether oxygens (including phenoxy) is 2. The molecule has 0 radical (unpaired) electrons. The van der Waals surface area contributed by atoms with Crippen LogP contribution in [-0.4, -0.2) is 98.2 Å². The number of unbranched alkanes of at least 4 members (excludes halogenated alkanes) is 2. The quantitative estimate of drug-likeness (QED) is 0.219. The largest absolute Gasteiger partial charge is 0.466 e. The average molecular weight is 607 g/mol. The fraction of sp³-hybridized carbons (Fsp3) is 0.571.